The number of esters is 1. The van der Waals surface area contributed by atoms with E-state index in [0.717, 1.165) is 43.8 Å². The third kappa shape index (κ3) is 6.62. The molecule has 4 nitrogen and oxygen atoms in total. The summed E-state index contributed by atoms with van der Waals surface area (Å²) < 4.78 is 11.7. The van der Waals surface area contributed by atoms with E-state index in [1.165, 1.54) is 54.0 Å². The zero-order valence-electron chi connectivity index (χ0n) is 21.0. The molecule has 0 saturated heterocycles. The van der Waals surface area contributed by atoms with Gasteiger partial charge in [-0.25, -0.2) is 0 Å². The maximum absolute atomic E-state index is 12.8. The van der Waals surface area contributed by atoms with Crippen molar-refractivity contribution < 1.29 is 19.1 Å². The van der Waals surface area contributed by atoms with Crippen LogP contribution in [0.5, 0.6) is 11.5 Å². The first-order valence-electron chi connectivity index (χ1n) is 13.3. The van der Waals surface area contributed by atoms with E-state index in [0.29, 0.717) is 25.2 Å². The quantitative estimate of drug-likeness (QED) is 0.118. The molecule has 2 aliphatic carbocycles. The highest BCUT2D eigenvalue weighted by molar-refractivity contribution is 5.88. The lowest BCUT2D eigenvalue weighted by Crippen LogP contribution is -2.25. The molecule has 2 aromatic rings. The summed E-state index contributed by atoms with van der Waals surface area (Å²) in [4.78, 5) is 24.2. The second-order valence-corrected chi connectivity index (χ2v) is 10.1. The first-order valence-corrected chi connectivity index (χ1v) is 13.3. The molecule has 2 aliphatic rings. The van der Waals surface area contributed by atoms with Crippen LogP contribution in [0, 0.1) is 11.8 Å². The van der Waals surface area contributed by atoms with E-state index in [4.69, 9.17) is 9.47 Å². The molecule has 4 heteroatoms. The largest absolute Gasteiger partial charge is 0.494 e. The van der Waals surface area contributed by atoms with Crippen molar-refractivity contribution in [2.24, 2.45) is 11.8 Å². The molecule has 1 saturated carbocycles. The van der Waals surface area contributed by atoms with Gasteiger partial charge in [-0.1, -0.05) is 51.3 Å². The minimum absolute atomic E-state index is 0.0318. The fraction of sp³-hybridized carbons (Fsp3) is 0.484. The molecule has 0 N–H and O–H groups in total. The predicted octanol–water partition coefficient (Wildman–Crippen LogP) is 7.46. The van der Waals surface area contributed by atoms with Crippen LogP contribution in [0.2, 0.25) is 0 Å². The number of allylic oxidation sites excluding steroid dienone is 1. The van der Waals surface area contributed by atoms with Crippen molar-refractivity contribution in [2.45, 2.75) is 77.6 Å². The van der Waals surface area contributed by atoms with Crippen molar-refractivity contribution in [3.05, 3.63) is 60.2 Å². The Hall–Kier alpha value is -2.88. The summed E-state index contributed by atoms with van der Waals surface area (Å²) in [7, 11) is 0. The Bertz CT molecular complexity index is 1050. The highest BCUT2D eigenvalue weighted by Crippen LogP contribution is 2.40. The first kappa shape index (κ1) is 25.2. The van der Waals surface area contributed by atoms with E-state index in [1.807, 2.05) is 18.2 Å². The van der Waals surface area contributed by atoms with Crippen LogP contribution in [0.3, 0.4) is 0 Å². The van der Waals surface area contributed by atoms with Crippen LogP contribution in [0.4, 0.5) is 0 Å². The second kappa shape index (κ2) is 12.2. The Morgan fingerprint density at radius 3 is 2.31 bits per heavy atom. The number of hydrogen-bond donors (Lipinski definition) is 0. The van der Waals surface area contributed by atoms with Crippen LogP contribution < -0.4 is 9.47 Å². The third-order valence-corrected chi connectivity index (χ3v) is 7.50. The number of fused-ring (bicyclic) bond motifs is 3. The molecule has 0 radical (unpaired) electrons. The van der Waals surface area contributed by atoms with Crippen molar-refractivity contribution in [1.82, 2.24) is 0 Å². The van der Waals surface area contributed by atoms with Crippen LogP contribution in [0.1, 0.15) is 82.3 Å². The van der Waals surface area contributed by atoms with Gasteiger partial charge in [-0.2, -0.15) is 0 Å². The van der Waals surface area contributed by atoms with Crippen molar-refractivity contribution >= 4 is 11.8 Å². The first-order chi connectivity index (χ1) is 17.1. The van der Waals surface area contributed by atoms with Gasteiger partial charge < -0.3 is 9.47 Å². The SMILES string of the molecule is C=CC(=O)CCCOc1ccc2c(c1)Cc1cc(OC(=O)C3CCC(CCCCC)CC3)ccc1-2. The molecule has 0 atom stereocenters. The molecular weight excluding hydrogens is 436 g/mol. The van der Waals surface area contributed by atoms with Gasteiger partial charge in [-0.3, -0.25) is 9.59 Å². The number of ether oxygens (including phenoxy) is 2. The zero-order chi connectivity index (χ0) is 24.6. The lowest BCUT2D eigenvalue weighted by Gasteiger charge is -2.27. The number of carbonyl (C=O) groups excluding carboxylic acids is 2. The molecule has 4 rings (SSSR count). The molecule has 0 spiro atoms. The third-order valence-electron chi connectivity index (χ3n) is 7.50. The van der Waals surface area contributed by atoms with E-state index in [-0.39, 0.29) is 17.7 Å². The fourth-order valence-corrected chi connectivity index (χ4v) is 5.42. The molecule has 0 unspecified atom stereocenters. The van der Waals surface area contributed by atoms with E-state index < -0.39 is 0 Å². The molecule has 1 fully saturated rings. The van der Waals surface area contributed by atoms with Gasteiger partial charge in [0.15, 0.2) is 5.78 Å². The topological polar surface area (TPSA) is 52.6 Å². The minimum atomic E-state index is -0.0712. The van der Waals surface area contributed by atoms with E-state index in [1.54, 1.807) is 0 Å². The van der Waals surface area contributed by atoms with Gasteiger partial charge in [0.2, 0.25) is 0 Å². The van der Waals surface area contributed by atoms with Gasteiger partial charge in [-0.05, 0) is 97.0 Å². The maximum atomic E-state index is 12.8. The number of ketones is 1. The lowest BCUT2D eigenvalue weighted by molar-refractivity contribution is -0.140. The van der Waals surface area contributed by atoms with Crippen LogP contribution in [0.25, 0.3) is 11.1 Å². The van der Waals surface area contributed by atoms with Crippen LogP contribution in [-0.4, -0.2) is 18.4 Å². The van der Waals surface area contributed by atoms with Gasteiger partial charge in [0.05, 0.1) is 12.5 Å². The van der Waals surface area contributed by atoms with Crippen molar-refractivity contribution in [3.63, 3.8) is 0 Å². The molecule has 0 bridgehead atoms. The molecular formula is C31H38O4. The predicted molar refractivity (Wildman–Crippen MR) is 140 cm³/mol. The number of hydrogen-bond acceptors (Lipinski definition) is 4. The Labute approximate surface area is 209 Å². The normalized spacial score (nSPS) is 18.4. The minimum Gasteiger partial charge on any atom is -0.494 e. The van der Waals surface area contributed by atoms with Crippen molar-refractivity contribution in [1.29, 1.82) is 0 Å². The second-order valence-electron chi connectivity index (χ2n) is 10.1. The van der Waals surface area contributed by atoms with Crippen LogP contribution in [0.15, 0.2) is 49.1 Å². The van der Waals surface area contributed by atoms with Crippen molar-refractivity contribution in [3.8, 4) is 22.6 Å². The highest BCUT2D eigenvalue weighted by atomic mass is 16.5. The number of rotatable bonds is 12. The summed E-state index contributed by atoms with van der Waals surface area (Å²) in [5.41, 5.74) is 4.78. The van der Waals surface area contributed by atoms with Gasteiger partial charge in [0, 0.05) is 6.42 Å². The Balaban J connectivity index is 1.29. The Morgan fingerprint density at radius 2 is 1.63 bits per heavy atom. The number of unbranched alkanes of at least 4 members (excludes halogenated alkanes) is 2. The van der Waals surface area contributed by atoms with Crippen LogP contribution in [-0.2, 0) is 16.0 Å². The van der Waals surface area contributed by atoms with Gasteiger partial charge >= 0.3 is 5.97 Å². The highest BCUT2D eigenvalue weighted by Gasteiger charge is 2.28. The standard InChI is InChI=1S/C31H38O4/c1-3-5-6-8-22-10-12-23(13-11-22)31(33)35-28-15-17-30-25(21-28)19-24-20-27(14-16-29(24)30)34-18-7-9-26(32)4-2/h4,14-17,20-23H,2-3,5-13,18-19H2,1H3. The smallest absolute Gasteiger partial charge is 0.314 e. The molecule has 186 valence electrons. The zero-order valence-corrected chi connectivity index (χ0v) is 21.0. The summed E-state index contributed by atoms with van der Waals surface area (Å²) in [5, 5.41) is 0. The maximum Gasteiger partial charge on any atom is 0.314 e. The molecule has 0 amide bonds. The van der Waals surface area contributed by atoms with E-state index in [9.17, 15) is 9.59 Å². The molecule has 0 aromatic heterocycles. The molecule has 2 aromatic carbocycles. The number of carbonyl (C=O) groups is 2. The van der Waals surface area contributed by atoms with Gasteiger partial charge in [0.1, 0.15) is 11.5 Å². The van der Waals surface area contributed by atoms with Gasteiger partial charge in [-0.15, -0.1) is 0 Å². The lowest BCUT2D eigenvalue weighted by atomic mass is 9.80. The van der Waals surface area contributed by atoms with Crippen LogP contribution >= 0.6 is 0 Å². The summed E-state index contributed by atoms with van der Waals surface area (Å²) in [6, 6.07) is 12.2. The monoisotopic (exact) mass is 474 g/mol. The summed E-state index contributed by atoms with van der Waals surface area (Å²) in [6.07, 6.45) is 12.7. The molecule has 35 heavy (non-hydrogen) atoms. The fourth-order valence-electron chi connectivity index (χ4n) is 5.42. The average Bonchev–Trinajstić information content (AvgIpc) is 3.24. The average molecular weight is 475 g/mol. The Kier molecular flexibility index (Phi) is 8.79. The molecule has 0 aliphatic heterocycles. The molecule has 0 heterocycles. The van der Waals surface area contributed by atoms with Gasteiger partial charge in [0.25, 0.3) is 0 Å². The number of benzene rings is 2. The summed E-state index contributed by atoms with van der Waals surface area (Å²) in [5.74, 6) is 2.26. The van der Waals surface area contributed by atoms with E-state index in [2.05, 4.69) is 31.7 Å². The Morgan fingerprint density at radius 1 is 0.943 bits per heavy atom. The van der Waals surface area contributed by atoms with Crippen molar-refractivity contribution in [2.75, 3.05) is 6.61 Å². The summed E-state index contributed by atoms with van der Waals surface area (Å²) in [6.45, 7) is 6.25. The van der Waals surface area contributed by atoms with E-state index >= 15 is 0 Å². The summed E-state index contributed by atoms with van der Waals surface area (Å²) >= 11 is 0.